The lowest BCUT2D eigenvalue weighted by atomic mass is 10.0. The Kier molecular flexibility index (Phi) is 3.79. The molecule has 2 aromatic rings. The van der Waals surface area contributed by atoms with Crippen molar-refractivity contribution in [2.24, 2.45) is 0 Å². The Morgan fingerprint density at radius 3 is 2.35 bits per heavy atom. The second-order valence-electron chi connectivity index (χ2n) is 3.97. The number of anilines is 1. The third kappa shape index (κ3) is 3.30. The number of hydrogen-bond acceptors (Lipinski definition) is 1. The molecule has 0 spiro atoms. The fraction of sp³-hybridized carbons (Fsp3) is 0.143. The van der Waals surface area contributed by atoms with Gasteiger partial charge in [-0.25, -0.2) is 4.39 Å². The van der Waals surface area contributed by atoms with Gasteiger partial charge in [0.05, 0.1) is 0 Å². The van der Waals surface area contributed by atoms with Crippen LogP contribution in [-0.4, -0.2) is 0 Å². The molecule has 17 heavy (non-hydrogen) atoms. The van der Waals surface area contributed by atoms with Crippen molar-refractivity contribution in [3.63, 3.8) is 0 Å². The molecule has 88 valence electrons. The second-order valence-corrected chi connectivity index (χ2v) is 4.89. The molecule has 3 heteroatoms. The average Bonchev–Trinajstić information content (AvgIpc) is 2.30. The van der Waals surface area contributed by atoms with Gasteiger partial charge in [-0.05, 0) is 48.2 Å². The van der Waals surface area contributed by atoms with Crippen LogP contribution in [0.4, 0.5) is 10.1 Å². The molecule has 0 fully saturated rings. The Morgan fingerprint density at radius 1 is 1.00 bits per heavy atom. The van der Waals surface area contributed by atoms with Crippen LogP contribution in [0.1, 0.15) is 11.1 Å². The summed E-state index contributed by atoms with van der Waals surface area (Å²) in [6.45, 7) is 0. The summed E-state index contributed by atoms with van der Waals surface area (Å²) in [5.41, 5.74) is 8.53. The van der Waals surface area contributed by atoms with Crippen molar-refractivity contribution in [3.05, 3.63) is 63.9 Å². The minimum atomic E-state index is -0.283. The van der Waals surface area contributed by atoms with E-state index < -0.39 is 0 Å². The van der Waals surface area contributed by atoms with Gasteiger partial charge in [0.2, 0.25) is 0 Å². The highest BCUT2D eigenvalue weighted by molar-refractivity contribution is 9.10. The van der Waals surface area contributed by atoms with E-state index in [4.69, 9.17) is 5.73 Å². The highest BCUT2D eigenvalue weighted by Crippen LogP contribution is 2.17. The lowest BCUT2D eigenvalue weighted by molar-refractivity contribution is 0.627. The topological polar surface area (TPSA) is 26.0 Å². The first kappa shape index (κ1) is 12.1. The van der Waals surface area contributed by atoms with E-state index in [0.717, 1.165) is 22.9 Å². The van der Waals surface area contributed by atoms with Gasteiger partial charge in [0.15, 0.2) is 0 Å². The molecular weight excluding hydrogens is 281 g/mol. The van der Waals surface area contributed by atoms with Crippen molar-refractivity contribution < 1.29 is 4.39 Å². The van der Waals surface area contributed by atoms with E-state index in [1.165, 1.54) is 17.7 Å². The molecule has 0 saturated heterocycles. The lowest BCUT2D eigenvalue weighted by Gasteiger charge is -2.06. The molecule has 1 nitrogen and oxygen atoms in total. The zero-order chi connectivity index (χ0) is 12.3. The number of nitrogens with two attached hydrogens (primary N) is 1. The van der Waals surface area contributed by atoms with Crippen LogP contribution in [0.25, 0.3) is 0 Å². The fourth-order valence-electron chi connectivity index (χ4n) is 1.72. The zero-order valence-electron chi connectivity index (χ0n) is 9.29. The molecule has 2 rings (SSSR count). The molecule has 0 heterocycles. The average molecular weight is 294 g/mol. The number of nitrogen functional groups attached to an aromatic ring is 1. The van der Waals surface area contributed by atoms with Crippen molar-refractivity contribution in [3.8, 4) is 0 Å². The number of halogens is 2. The van der Waals surface area contributed by atoms with E-state index in [2.05, 4.69) is 28.1 Å². The molecule has 0 unspecified atom stereocenters. The van der Waals surface area contributed by atoms with Crippen LogP contribution in [0.2, 0.25) is 0 Å². The molecular formula is C14H13BrFN. The van der Waals surface area contributed by atoms with Gasteiger partial charge < -0.3 is 5.73 Å². The lowest BCUT2D eigenvalue weighted by Crippen LogP contribution is -1.97. The summed E-state index contributed by atoms with van der Waals surface area (Å²) in [5, 5.41) is 0. The van der Waals surface area contributed by atoms with Gasteiger partial charge in [0.1, 0.15) is 5.82 Å². The quantitative estimate of drug-likeness (QED) is 0.852. The third-order valence-electron chi connectivity index (χ3n) is 2.70. The predicted octanol–water partition coefficient (Wildman–Crippen LogP) is 3.96. The molecule has 0 radical (unpaired) electrons. The van der Waals surface area contributed by atoms with Crippen molar-refractivity contribution >= 4 is 21.6 Å². The van der Waals surface area contributed by atoms with Gasteiger partial charge in [0, 0.05) is 10.2 Å². The number of benzene rings is 2. The summed E-state index contributed by atoms with van der Waals surface area (Å²) in [6, 6.07) is 12.8. The van der Waals surface area contributed by atoms with E-state index in [1.807, 2.05) is 12.1 Å². The summed E-state index contributed by atoms with van der Waals surface area (Å²) < 4.78 is 13.9. The summed E-state index contributed by atoms with van der Waals surface area (Å²) in [7, 11) is 0. The molecule has 0 amide bonds. The molecule has 0 saturated carbocycles. The van der Waals surface area contributed by atoms with E-state index >= 15 is 0 Å². The fourth-order valence-corrected chi connectivity index (χ4v) is 1.99. The first-order valence-electron chi connectivity index (χ1n) is 5.43. The SMILES string of the molecule is Nc1cc(F)ccc1CCc1ccc(Br)cc1. The van der Waals surface area contributed by atoms with Crippen molar-refractivity contribution in [1.29, 1.82) is 0 Å². The maximum absolute atomic E-state index is 12.9. The Morgan fingerprint density at radius 2 is 1.71 bits per heavy atom. The predicted molar refractivity (Wildman–Crippen MR) is 72.4 cm³/mol. The summed E-state index contributed by atoms with van der Waals surface area (Å²) >= 11 is 3.40. The Balaban J connectivity index is 2.04. The maximum Gasteiger partial charge on any atom is 0.125 e. The summed E-state index contributed by atoms with van der Waals surface area (Å²) in [5.74, 6) is -0.283. The van der Waals surface area contributed by atoms with Crippen LogP contribution in [0, 0.1) is 5.82 Å². The third-order valence-corrected chi connectivity index (χ3v) is 3.23. The van der Waals surface area contributed by atoms with Crippen molar-refractivity contribution in [2.75, 3.05) is 5.73 Å². The van der Waals surface area contributed by atoms with Crippen molar-refractivity contribution in [1.82, 2.24) is 0 Å². The molecule has 0 bridgehead atoms. The normalized spacial score (nSPS) is 10.5. The van der Waals surface area contributed by atoms with Gasteiger partial charge in [0.25, 0.3) is 0 Å². The van der Waals surface area contributed by atoms with E-state index in [-0.39, 0.29) is 5.82 Å². The molecule has 2 N–H and O–H groups in total. The van der Waals surface area contributed by atoms with E-state index in [1.54, 1.807) is 6.07 Å². The Hall–Kier alpha value is -1.35. The Bertz CT molecular complexity index is 508. The molecule has 0 aromatic heterocycles. The van der Waals surface area contributed by atoms with E-state index in [9.17, 15) is 4.39 Å². The highest BCUT2D eigenvalue weighted by atomic mass is 79.9. The smallest absolute Gasteiger partial charge is 0.125 e. The molecule has 0 aliphatic rings. The standard InChI is InChI=1S/C14H13BrFN/c15-12-6-2-10(3-7-12)1-4-11-5-8-13(16)9-14(11)17/h2-3,5-9H,1,4,17H2. The second kappa shape index (κ2) is 5.32. The Labute approximate surface area is 109 Å². The number of hydrogen-bond donors (Lipinski definition) is 1. The summed E-state index contributed by atoms with van der Waals surface area (Å²) in [6.07, 6.45) is 1.73. The molecule has 0 aliphatic carbocycles. The minimum absolute atomic E-state index is 0.283. The van der Waals surface area contributed by atoms with Gasteiger partial charge >= 0.3 is 0 Å². The monoisotopic (exact) mass is 293 g/mol. The van der Waals surface area contributed by atoms with Crippen LogP contribution in [0.3, 0.4) is 0 Å². The first-order valence-corrected chi connectivity index (χ1v) is 6.23. The molecule has 0 aliphatic heterocycles. The van der Waals surface area contributed by atoms with Crippen LogP contribution in [-0.2, 0) is 12.8 Å². The summed E-state index contributed by atoms with van der Waals surface area (Å²) in [4.78, 5) is 0. The van der Waals surface area contributed by atoms with Gasteiger partial charge in [-0.15, -0.1) is 0 Å². The molecule has 2 aromatic carbocycles. The first-order chi connectivity index (χ1) is 8.15. The zero-order valence-corrected chi connectivity index (χ0v) is 10.9. The maximum atomic E-state index is 12.9. The minimum Gasteiger partial charge on any atom is -0.398 e. The number of rotatable bonds is 3. The number of aryl methyl sites for hydroxylation is 2. The molecule has 0 atom stereocenters. The van der Waals surface area contributed by atoms with Gasteiger partial charge in [-0.3, -0.25) is 0 Å². The van der Waals surface area contributed by atoms with Crippen LogP contribution < -0.4 is 5.73 Å². The van der Waals surface area contributed by atoms with Crippen LogP contribution >= 0.6 is 15.9 Å². The largest absolute Gasteiger partial charge is 0.398 e. The van der Waals surface area contributed by atoms with Crippen molar-refractivity contribution in [2.45, 2.75) is 12.8 Å². The van der Waals surface area contributed by atoms with Gasteiger partial charge in [-0.1, -0.05) is 34.1 Å². The van der Waals surface area contributed by atoms with E-state index in [0.29, 0.717) is 5.69 Å². The highest BCUT2D eigenvalue weighted by Gasteiger charge is 2.01. The van der Waals surface area contributed by atoms with Crippen LogP contribution in [0.5, 0.6) is 0 Å². The van der Waals surface area contributed by atoms with Crippen LogP contribution in [0.15, 0.2) is 46.9 Å². The van der Waals surface area contributed by atoms with Gasteiger partial charge in [-0.2, -0.15) is 0 Å².